The van der Waals surface area contributed by atoms with Crippen molar-refractivity contribution >= 4 is 20.2 Å². The summed E-state index contributed by atoms with van der Waals surface area (Å²) in [4.78, 5) is 52.3. The average molecular weight is 426 g/mol. The predicted octanol–water partition coefficient (Wildman–Crippen LogP) is 1.01. The number of nitrogens with one attached hydrogen (secondary N) is 1. The SMILES string of the molecule is COC(=O)[C@@H]1C[C@@H](O[Si](C)(C)C(C)(C)C)CN1C(=O)Cn1cc(C)c(=O)[nH]c1=O. The number of carbonyl (C=O) groups excluding carboxylic acids is 2. The highest BCUT2D eigenvalue weighted by atomic mass is 28.4. The highest BCUT2D eigenvalue weighted by Crippen LogP contribution is 2.39. The van der Waals surface area contributed by atoms with Gasteiger partial charge < -0.3 is 14.1 Å². The highest BCUT2D eigenvalue weighted by Gasteiger charge is 2.45. The minimum Gasteiger partial charge on any atom is -0.467 e. The Hall–Kier alpha value is -2.20. The topological polar surface area (TPSA) is 111 Å². The number of nitrogens with zero attached hydrogens (tertiary/aromatic N) is 2. The van der Waals surface area contributed by atoms with Gasteiger partial charge in [-0.2, -0.15) is 0 Å². The maximum atomic E-state index is 12.9. The summed E-state index contributed by atoms with van der Waals surface area (Å²) in [5.74, 6) is -0.917. The molecule has 2 rings (SSSR count). The number of esters is 1. The van der Waals surface area contributed by atoms with Crippen LogP contribution < -0.4 is 11.2 Å². The fraction of sp³-hybridized carbons (Fsp3) is 0.684. The molecule has 0 aromatic carbocycles. The lowest BCUT2D eigenvalue weighted by molar-refractivity contribution is -0.151. The Labute approximate surface area is 171 Å². The zero-order valence-electron chi connectivity index (χ0n) is 18.2. The van der Waals surface area contributed by atoms with Gasteiger partial charge in [-0.15, -0.1) is 0 Å². The lowest BCUT2D eigenvalue weighted by atomic mass is 10.2. The van der Waals surface area contributed by atoms with Crippen molar-refractivity contribution in [2.75, 3.05) is 13.7 Å². The Morgan fingerprint density at radius 2 is 1.90 bits per heavy atom. The Bertz CT molecular complexity index is 898. The number of hydrogen-bond donors (Lipinski definition) is 1. The molecular weight excluding hydrogens is 394 g/mol. The van der Waals surface area contributed by atoms with Crippen molar-refractivity contribution in [1.82, 2.24) is 14.5 Å². The van der Waals surface area contributed by atoms with Crippen molar-refractivity contribution in [3.8, 4) is 0 Å². The molecule has 9 nitrogen and oxygen atoms in total. The molecule has 1 aromatic rings. The molecular formula is C19H31N3O6Si. The molecule has 1 fully saturated rings. The van der Waals surface area contributed by atoms with Gasteiger partial charge in [-0.05, 0) is 25.1 Å². The highest BCUT2D eigenvalue weighted by molar-refractivity contribution is 6.74. The maximum absolute atomic E-state index is 12.9. The van der Waals surface area contributed by atoms with Crippen molar-refractivity contribution in [2.24, 2.45) is 0 Å². The van der Waals surface area contributed by atoms with Gasteiger partial charge in [-0.1, -0.05) is 20.8 Å². The molecule has 0 saturated carbocycles. The maximum Gasteiger partial charge on any atom is 0.328 e. The number of methoxy groups -OCH3 is 1. The smallest absolute Gasteiger partial charge is 0.328 e. The number of aromatic nitrogens is 2. The monoisotopic (exact) mass is 425 g/mol. The summed E-state index contributed by atoms with van der Waals surface area (Å²) in [6, 6.07) is -0.762. The Morgan fingerprint density at radius 1 is 1.28 bits per heavy atom. The number of amides is 1. The van der Waals surface area contributed by atoms with Crippen LogP contribution in [0.2, 0.25) is 18.1 Å². The van der Waals surface area contributed by atoms with Gasteiger partial charge in [0.2, 0.25) is 5.91 Å². The Balaban J connectivity index is 2.23. The van der Waals surface area contributed by atoms with Crippen molar-refractivity contribution in [2.45, 2.75) is 70.9 Å². The molecule has 0 unspecified atom stereocenters. The van der Waals surface area contributed by atoms with Gasteiger partial charge in [-0.3, -0.25) is 19.1 Å². The fourth-order valence-corrected chi connectivity index (χ4v) is 4.44. The van der Waals surface area contributed by atoms with Crippen molar-refractivity contribution in [1.29, 1.82) is 0 Å². The first-order valence-corrected chi connectivity index (χ1v) is 12.5. The van der Waals surface area contributed by atoms with E-state index in [1.54, 1.807) is 6.92 Å². The third kappa shape index (κ3) is 5.05. The number of ether oxygens (including phenoxy) is 1. The third-order valence-electron chi connectivity index (χ3n) is 5.82. The van der Waals surface area contributed by atoms with Crippen LogP contribution in [-0.2, 0) is 25.3 Å². The molecule has 10 heteroatoms. The number of hydrogen-bond acceptors (Lipinski definition) is 6. The molecule has 1 aliphatic rings. The largest absolute Gasteiger partial charge is 0.467 e. The minimum absolute atomic E-state index is 0.00800. The summed E-state index contributed by atoms with van der Waals surface area (Å²) in [7, 11) is -0.810. The van der Waals surface area contributed by atoms with Gasteiger partial charge in [-0.25, -0.2) is 9.59 Å². The summed E-state index contributed by atoms with van der Waals surface area (Å²) >= 11 is 0. The molecule has 2 atom stereocenters. The van der Waals surface area contributed by atoms with E-state index in [4.69, 9.17) is 9.16 Å². The number of rotatable bonds is 5. The summed E-state index contributed by atoms with van der Waals surface area (Å²) < 4.78 is 12.4. The van der Waals surface area contributed by atoms with Crippen LogP contribution in [0.3, 0.4) is 0 Å². The second-order valence-electron chi connectivity index (χ2n) is 9.02. The first kappa shape index (κ1) is 23.1. The Morgan fingerprint density at radius 3 is 2.45 bits per heavy atom. The van der Waals surface area contributed by atoms with Crippen LogP contribution >= 0.6 is 0 Å². The van der Waals surface area contributed by atoms with Gasteiger partial charge in [0, 0.05) is 24.7 Å². The average Bonchev–Trinajstić information content (AvgIpc) is 3.01. The van der Waals surface area contributed by atoms with E-state index >= 15 is 0 Å². The van der Waals surface area contributed by atoms with E-state index in [1.807, 2.05) is 0 Å². The van der Waals surface area contributed by atoms with Gasteiger partial charge in [0.15, 0.2) is 8.32 Å². The van der Waals surface area contributed by atoms with Gasteiger partial charge in [0.25, 0.3) is 5.56 Å². The molecule has 1 amide bonds. The van der Waals surface area contributed by atoms with Crippen LogP contribution in [0.15, 0.2) is 15.8 Å². The third-order valence-corrected chi connectivity index (χ3v) is 10.4. The summed E-state index contributed by atoms with van der Waals surface area (Å²) in [6.45, 7) is 12.1. The van der Waals surface area contributed by atoms with Crippen molar-refractivity contribution < 1.29 is 18.8 Å². The normalized spacial score (nSPS) is 20.0. The van der Waals surface area contributed by atoms with E-state index in [9.17, 15) is 19.2 Å². The summed E-state index contributed by atoms with van der Waals surface area (Å²) in [5.41, 5.74) is -0.838. The molecule has 1 aliphatic heterocycles. The summed E-state index contributed by atoms with van der Waals surface area (Å²) in [6.07, 6.45) is 1.41. The molecule has 1 saturated heterocycles. The molecule has 0 radical (unpaired) electrons. The molecule has 2 heterocycles. The van der Waals surface area contributed by atoms with E-state index in [-0.39, 0.29) is 24.2 Å². The first-order chi connectivity index (χ1) is 13.3. The van der Waals surface area contributed by atoms with Crippen LogP contribution in [0.1, 0.15) is 32.8 Å². The van der Waals surface area contributed by atoms with E-state index in [0.717, 1.165) is 4.57 Å². The lowest BCUT2D eigenvalue weighted by Crippen LogP contribution is -2.46. The quantitative estimate of drug-likeness (QED) is 0.557. The molecule has 1 aromatic heterocycles. The fourth-order valence-electron chi connectivity index (χ4n) is 3.08. The molecule has 29 heavy (non-hydrogen) atoms. The van der Waals surface area contributed by atoms with Crippen LogP contribution in [0.4, 0.5) is 0 Å². The standard InChI is InChI=1S/C19H31N3O6Si/c1-12-9-21(18(26)20-16(12)24)11-15(23)22-10-13(8-14(22)17(25)27-5)28-29(6,7)19(2,3)4/h9,13-14H,8,10-11H2,1-7H3,(H,20,24,26)/t13-,14+/m1/s1. The lowest BCUT2D eigenvalue weighted by Gasteiger charge is -2.38. The molecule has 0 aliphatic carbocycles. The van der Waals surface area contributed by atoms with Crippen LogP contribution in [0.25, 0.3) is 0 Å². The molecule has 162 valence electrons. The molecule has 0 spiro atoms. The number of H-pyrrole nitrogens is 1. The van der Waals surface area contributed by atoms with Crippen LogP contribution in [0, 0.1) is 6.92 Å². The second-order valence-corrected chi connectivity index (χ2v) is 13.8. The van der Waals surface area contributed by atoms with Crippen LogP contribution in [-0.4, -0.2) is 60.4 Å². The van der Waals surface area contributed by atoms with Crippen molar-refractivity contribution in [3.63, 3.8) is 0 Å². The number of aryl methyl sites for hydroxylation is 1. The van der Waals surface area contributed by atoms with Gasteiger partial charge in [0.05, 0.1) is 13.2 Å². The van der Waals surface area contributed by atoms with E-state index in [2.05, 4.69) is 38.8 Å². The van der Waals surface area contributed by atoms with E-state index in [1.165, 1.54) is 18.2 Å². The first-order valence-electron chi connectivity index (χ1n) is 9.62. The molecule has 1 N–H and O–H groups in total. The zero-order valence-corrected chi connectivity index (χ0v) is 19.2. The summed E-state index contributed by atoms with van der Waals surface area (Å²) in [5, 5.41) is -0.00800. The van der Waals surface area contributed by atoms with E-state index in [0.29, 0.717) is 12.0 Å². The predicted molar refractivity (Wildman–Crippen MR) is 110 cm³/mol. The zero-order chi connectivity index (χ0) is 22.1. The second kappa shape index (κ2) is 8.27. The molecule has 0 bridgehead atoms. The van der Waals surface area contributed by atoms with Crippen molar-refractivity contribution in [3.05, 3.63) is 32.6 Å². The number of aromatic amines is 1. The Kier molecular flexibility index (Phi) is 6.58. The minimum atomic E-state index is -2.09. The number of likely N-dealkylation sites (tertiary alicyclic amines) is 1. The van der Waals surface area contributed by atoms with Gasteiger partial charge in [0.1, 0.15) is 12.6 Å². The van der Waals surface area contributed by atoms with Gasteiger partial charge >= 0.3 is 11.7 Å². The van der Waals surface area contributed by atoms with E-state index < -0.39 is 37.5 Å². The van der Waals surface area contributed by atoms with Crippen LogP contribution in [0.5, 0.6) is 0 Å². The number of carbonyl (C=O) groups is 2.